The molecule has 23 heavy (non-hydrogen) atoms. The summed E-state index contributed by atoms with van der Waals surface area (Å²) in [5.41, 5.74) is 0.379. The molecule has 0 amide bonds. The summed E-state index contributed by atoms with van der Waals surface area (Å²) in [4.78, 5) is 4.32. The Hall–Kier alpha value is -0.810. The first-order valence-corrected chi connectivity index (χ1v) is 9.36. The van der Waals surface area contributed by atoms with Gasteiger partial charge in [0.1, 0.15) is 0 Å². The lowest BCUT2D eigenvalue weighted by Crippen LogP contribution is -2.44. The second-order valence-corrected chi connectivity index (χ2v) is 6.47. The average Bonchev–Trinajstić information content (AvgIpc) is 3.03. The SMILES string of the molecule is CCCCOCCNC(=NC)NCC1(CCOCC)CCCC1. The third kappa shape index (κ3) is 8.56. The molecule has 0 aromatic heterocycles. The fourth-order valence-corrected chi connectivity index (χ4v) is 3.16. The summed E-state index contributed by atoms with van der Waals surface area (Å²) in [5, 5.41) is 6.85. The molecule has 1 rings (SSSR count). The van der Waals surface area contributed by atoms with Crippen LogP contribution in [0.1, 0.15) is 58.8 Å². The van der Waals surface area contributed by atoms with Gasteiger partial charge in [-0.25, -0.2) is 0 Å². The molecule has 0 unspecified atom stereocenters. The molecule has 0 aliphatic heterocycles. The zero-order valence-corrected chi connectivity index (χ0v) is 15.5. The van der Waals surface area contributed by atoms with Crippen molar-refractivity contribution >= 4 is 5.96 Å². The third-order valence-corrected chi connectivity index (χ3v) is 4.68. The van der Waals surface area contributed by atoms with E-state index in [2.05, 4.69) is 29.5 Å². The number of nitrogens with zero attached hydrogens (tertiary/aromatic N) is 1. The molecule has 0 atom stereocenters. The lowest BCUT2D eigenvalue weighted by atomic mass is 9.83. The Morgan fingerprint density at radius 3 is 2.48 bits per heavy atom. The zero-order valence-electron chi connectivity index (χ0n) is 15.5. The van der Waals surface area contributed by atoms with Gasteiger partial charge in [-0.2, -0.15) is 0 Å². The molecule has 0 aromatic rings. The average molecular weight is 328 g/mol. The lowest BCUT2D eigenvalue weighted by molar-refractivity contribution is 0.105. The van der Waals surface area contributed by atoms with E-state index in [0.29, 0.717) is 5.41 Å². The van der Waals surface area contributed by atoms with Crippen LogP contribution in [0.15, 0.2) is 4.99 Å². The van der Waals surface area contributed by atoms with Gasteiger partial charge in [0, 0.05) is 40.0 Å². The molecule has 1 saturated carbocycles. The highest BCUT2D eigenvalue weighted by molar-refractivity contribution is 5.79. The summed E-state index contributed by atoms with van der Waals surface area (Å²) in [6.07, 6.45) is 8.73. The minimum absolute atomic E-state index is 0.379. The van der Waals surface area contributed by atoms with Crippen molar-refractivity contribution in [3.8, 4) is 0 Å². The van der Waals surface area contributed by atoms with Crippen LogP contribution in [0.3, 0.4) is 0 Å². The number of ether oxygens (including phenoxy) is 2. The van der Waals surface area contributed by atoms with E-state index in [1.807, 2.05) is 7.05 Å². The minimum Gasteiger partial charge on any atom is -0.382 e. The highest BCUT2D eigenvalue weighted by Gasteiger charge is 2.33. The Bertz CT molecular complexity index is 315. The van der Waals surface area contributed by atoms with Crippen LogP contribution in [0.5, 0.6) is 0 Å². The van der Waals surface area contributed by atoms with E-state index in [1.54, 1.807) is 0 Å². The monoisotopic (exact) mass is 327 g/mol. The molecule has 2 N–H and O–H groups in total. The molecule has 0 spiro atoms. The van der Waals surface area contributed by atoms with Crippen molar-refractivity contribution < 1.29 is 9.47 Å². The summed E-state index contributed by atoms with van der Waals surface area (Å²) in [6.45, 7) is 9.29. The summed E-state index contributed by atoms with van der Waals surface area (Å²) in [6, 6.07) is 0. The Morgan fingerprint density at radius 1 is 1.04 bits per heavy atom. The Morgan fingerprint density at radius 2 is 1.83 bits per heavy atom. The van der Waals surface area contributed by atoms with Crippen LogP contribution in [0.2, 0.25) is 0 Å². The highest BCUT2D eigenvalue weighted by atomic mass is 16.5. The number of guanidine groups is 1. The van der Waals surface area contributed by atoms with E-state index < -0.39 is 0 Å². The Labute approximate surface area is 142 Å². The van der Waals surface area contributed by atoms with Crippen molar-refractivity contribution in [2.75, 3.05) is 46.6 Å². The third-order valence-electron chi connectivity index (χ3n) is 4.68. The van der Waals surface area contributed by atoms with Gasteiger partial charge < -0.3 is 20.1 Å². The number of nitrogens with one attached hydrogen (secondary N) is 2. The Balaban J connectivity index is 2.25. The van der Waals surface area contributed by atoms with Crippen molar-refractivity contribution in [2.24, 2.45) is 10.4 Å². The van der Waals surface area contributed by atoms with E-state index in [1.165, 1.54) is 32.1 Å². The standard InChI is InChI=1S/C18H37N3O2/c1-4-6-13-23-15-12-20-17(19-3)21-16-18(9-7-8-10-18)11-14-22-5-2/h4-16H2,1-3H3,(H2,19,20,21). The van der Waals surface area contributed by atoms with Crippen molar-refractivity contribution in [2.45, 2.75) is 58.8 Å². The van der Waals surface area contributed by atoms with Crippen molar-refractivity contribution in [3.63, 3.8) is 0 Å². The van der Waals surface area contributed by atoms with Gasteiger partial charge in [0.15, 0.2) is 5.96 Å². The minimum atomic E-state index is 0.379. The first-order chi connectivity index (χ1) is 11.3. The molecule has 1 fully saturated rings. The molecule has 0 heterocycles. The molecule has 0 saturated heterocycles. The van der Waals surface area contributed by atoms with Gasteiger partial charge in [-0.05, 0) is 38.0 Å². The van der Waals surface area contributed by atoms with E-state index >= 15 is 0 Å². The van der Waals surface area contributed by atoms with Crippen molar-refractivity contribution in [1.29, 1.82) is 0 Å². The van der Waals surface area contributed by atoms with E-state index in [9.17, 15) is 0 Å². The molecule has 5 heteroatoms. The highest BCUT2D eigenvalue weighted by Crippen LogP contribution is 2.40. The van der Waals surface area contributed by atoms with Crippen LogP contribution in [0, 0.1) is 5.41 Å². The lowest BCUT2D eigenvalue weighted by Gasteiger charge is -2.30. The van der Waals surface area contributed by atoms with Crippen LogP contribution < -0.4 is 10.6 Å². The second-order valence-electron chi connectivity index (χ2n) is 6.47. The van der Waals surface area contributed by atoms with Crippen molar-refractivity contribution in [3.05, 3.63) is 0 Å². The number of aliphatic imine (C=N–C) groups is 1. The summed E-state index contributed by atoms with van der Waals surface area (Å²) >= 11 is 0. The van der Waals surface area contributed by atoms with Crippen LogP contribution in [-0.4, -0.2) is 52.5 Å². The summed E-state index contributed by atoms with van der Waals surface area (Å²) in [7, 11) is 1.83. The number of hydrogen-bond donors (Lipinski definition) is 2. The fourth-order valence-electron chi connectivity index (χ4n) is 3.16. The molecular weight excluding hydrogens is 290 g/mol. The van der Waals surface area contributed by atoms with Crippen LogP contribution in [-0.2, 0) is 9.47 Å². The second kappa shape index (κ2) is 12.6. The van der Waals surface area contributed by atoms with Gasteiger partial charge in [0.25, 0.3) is 0 Å². The number of hydrogen-bond acceptors (Lipinski definition) is 3. The van der Waals surface area contributed by atoms with Crippen LogP contribution in [0.4, 0.5) is 0 Å². The molecule has 5 nitrogen and oxygen atoms in total. The first kappa shape index (κ1) is 20.2. The topological polar surface area (TPSA) is 54.9 Å². The van der Waals surface area contributed by atoms with Gasteiger partial charge in [0.05, 0.1) is 6.61 Å². The summed E-state index contributed by atoms with van der Waals surface area (Å²) in [5.74, 6) is 0.881. The molecule has 1 aliphatic carbocycles. The van der Waals surface area contributed by atoms with Crippen LogP contribution >= 0.6 is 0 Å². The zero-order chi connectivity index (χ0) is 16.8. The van der Waals surface area contributed by atoms with E-state index in [-0.39, 0.29) is 0 Å². The molecule has 0 aromatic carbocycles. The normalized spacial score (nSPS) is 17.4. The molecule has 136 valence electrons. The number of rotatable bonds is 12. The van der Waals surface area contributed by atoms with Crippen LogP contribution in [0.25, 0.3) is 0 Å². The van der Waals surface area contributed by atoms with Crippen molar-refractivity contribution in [1.82, 2.24) is 10.6 Å². The fraction of sp³-hybridized carbons (Fsp3) is 0.944. The quantitative estimate of drug-likeness (QED) is 0.329. The molecule has 0 radical (unpaired) electrons. The predicted molar refractivity (Wildman–Crippen MR) is 97.1 cm³/mol. The van der Waals surface area contributed by atoms with Gasteiger partial charge >= 0.3 is 0 Å². The maximum absolute atomic E-state index is 5.58. The van der Waals surface area contributed by atoms with Gasteiger partial charge in [-0.15, -0.1) is 0 Å². The maximum Gasteiger partial charge on any atom is 0.191 e. The summed E-state index contributed by atoms with van der Waals surface area (Å²) < 4.78 is 11.1. The van der Waals surface area contributed by atoms with Gasteiger partial charge in [-0.1, -0.05) is 26.2 Å². The van der Waals surface area contributed by atoms with E-state index in [4.69, 9.17) is 9.47 Å². The smallest absolute Gasteiger partial charge is 0.191 e. The maximum atomic E-state index is 5.58. The van der Waals surface area contributed by atoms with Gasteiger partial charge in [0.2, 0.25) is 0 Å². The molecule has 1 aliphatic rings. The largest absolute Gasteiger partial charge is 0.382 e. The van der Waals surface area contributed by atoms with E-state index in [0.717, 1.165) is 58.3 Å². The van der Waals surface area contributed by atoms with Gasteiger partial charge in [-0.3, -0.25) is 4.99 Å². The number of unbranched alkanes of at least 4 members (excludes halogenated alkanes) is 1. The first-order valence-electron chi connectivity index (χ1n) is 9.36. The Kier molecular flexibility index (Phi) is 11.1. The molecular formula is C18H37N3O2. The molecule has 0 bridgehead atoms. The predicted octanol–water partition coefficient (Wildman–Crippen LogP) is 2.96.